The molecule has 1 aliphatic rings. The second kappa shape index (κ2) is 6.68. The van der Waals surface area contributed by atoms with E-state index in [0.717, 1.165) is 22.0 Å². The van der Waals surface area contributed by atoms with Gasteiger partial charge in [-0.1, -0.05) is 0 Å². The standard InChI is InChI=1S/C17H17FN2O3S/c1-10-15(24-11(2)19-10)9-23-17(22)13-8-12(5-6-14(13)18)20-7-3-4-16(20)21/h5-6,8H,3-4,7,9H2,1-2H3. The minimum Gasteiger partial charge on any atom is -0.456 e. The molecule has 1 aromatic carbocycles. The Morgan fingerprint density at radius 2 is 2.21 bits per heavy atom. The lowest BCUT2D eigenvalue weighted by Gasteiger charge is -2.16. The van der Waals surface area contributed by atoms with Gasteiger partial charge in [0.05, 0.1) is 21.1 Å². The Labute approximate surface area is 143 Å². The van der Waals surface area contributed by atoms with Crippen molar-refractivity contribution >= 4 is 28.9 Å². The topological polar surface area (TPSA) is 59.5 Å². The molecule has 1 fully saturated rings. The Hall–Kier alpha value is -2.28. The maximum atomic E-state index is 14.0. The number of benzene rings is 1. The number of aryl methyl sites for hydroxylation is 2. The van der Waals surface area contributed by atoms with Gasteiger partial charge in [-0.05, 0) is 38.5 Å². The van der Waals surface area contributed by atoms with Crippen molar-refractivity contribution in [3.63, 3.8) is 0 Å². The van der Waals surface area contributed by atoms with E-state index in [1.54, 1.807) is 4.90 Å². The van der Waals surface area contributed by atoms with E-state index in [1.807, 2.05) is 13.8 Å². The molecule has 0 spiro atoms. The fourth-order valence-corrected chi connectivity index (χ4v) is 3.53. The van der Waals surface area contributed by atoms with Gasteiger partial charge in [-0.3, -0.25) is 4.79 Å². The summed E-state index contributed by atoms with van der Waals surface area (Å²) >= 11 is 1.44. The third-order valence-electron chi connectivity index (χ3n) is 3.89. The Morgan fingerprint density at radius 1 is 1.42 bits per heavy atom. The zero-order chi connectivity index (χ0) is 17.3. The minimum absolute atomic E-state index is 0.0170. The van der Waals surface area contributed by atoms with Crippen LogP contribution in [0.5, 0.6) is 0 Å². The van der Waals surface area contributed by atoms with E-state index in [9.17, 15) is 14.0 Å². The lowest BCUT2D eigenvalue weighted by Crippen LogP contribution is -2.24. The van der Waals surface area contributed by atoms with Gasteiger partial charge >= 0.3 is 5.97 Å². The van der Waals surface area contributed by atoms with Crippen LogP contribution in [0.15, 0.2) is 18.2 Å². The summed E-state index contributed by atoms with van der Waals surface area (Å²) in [6.07, 6.45) is 1.24. The Balaban J connectivity index is 1.76. The van der Waals surface area contributed by atoms with Gasteiger partial charge in [0.15, 0.2) is 0 Å². The molecule has 126 valence electrons. The maximum absolute atomic E-state index is 14.0. The second-order valence-electron chi connectivity index (χ2n) is 5.63. The summed E-state index contributed by atoms with van der Waals surface area (Å²) in [6.45, 7) is 4.35. The summed E-state index contributed by atoms with van der Waals surface area (Å²) in [5, 5.41) is 0.888. The molecule has 3 rings (SSSR count). The Morgan fingerprint density at radius 3 is 2.83 bits per heavy atom. The molecule has 0 aliphatic carbocycles. The average molecular weight is 348 g/mol. The third-order valence-corrected chi connectivity index (χ3v) is 4.94. The van der Waals surface area contributed by atoms with Crippen LogP contribution >= 0.6 is 11.3 Å². The summed E-state index contributed by atoms with van der Waals surface area (Å²) < 4.78 is 19.2. The van der Waals surface area contributed by atoms with Gasteiger partial charge in [0.2, 0.25) is 5.91 Å². The smallest absolute Gasteiger partial charge is 0.341 e. The molecule has 0 unspecified atom stereocenters. The normalized spacial score (nSPS) is 14.3. The summed E-state index contributed by atoms with van der Waals surface area (Å²) in [7, 11) is 0. The van der Waals surface area contributed by atoms with E-state index in [2.05, 4.69) is 4.98 Å². The van der Waals surface area contributed by atoms with Gasteiger partial charge in [-0.15, -0.1) is 11.3 Å². The quantitative estimate of drug-likeness (QED) is 0.795. The van der Waals surface area contributed by atoms with Crippen molar-refractivity contribution in [3.05, 3.63) is 45.2 Å². The van der Waals surface area contributed by atoms with Crippen molar-refractivity contribution in [1.82, 2.24) is 4.98 Å². The second-order valence-corrected chi connectivity index (χ2v) is 6.92. The molecule has 0 bridgehead atoms. The number of rotatable bonds is 4. The SMILES string of the molecule is Cc1nc(C)c(COC(=O)c2cc(N3CCCC3=O)ccc2F)s1. The predicted molar refractivity (Wildman–Crippen MR) is 88.7 cm³/mol. The highest BCUT2D eigenvalue weighted by atomic mass is 32.1. The summed E-state index contributed by atoms with van der Waals surface area (Å²) in [6, 6.07) is 4.08. The van der Waals surface area contributed by atoms with E-state index in [4.69, 9.17) is 4.74 Å². The number of amides is 1. The number of carbonyl (C=O) groups is 2. The van der Waals surface area contributed by atoms with Crippen LogP contribution in [-0.2, 0) is 16.1 Å². The molecule has 0 atom stereocenters. The van der Waals surface area contributed by atoms with Crippen molar-refractivity contribution < 1.29 is 18.7 Å². The van der Waals surface area contributed by atoms with Crippen LogP contribution in [0.25, 0.3) is 0 Å². The van der Waals surface area contributed by atoms with Gasteiger partial charge in [0, 0.05) is 18.7 Å². The van der Waals surface area contributed by atoms with E-state index in [0.29, 0.717) is 18.7 Å². The third kappa shape index (κ3) is 3.31. The van der Waals surface area contributed by atoms with Crippen LogP contribution in [0.2, 0.25) is 0 Å². The van der Waals surface area contributed by atoms with Gasteiger partial charge in [0.25, 0.3) is 0 Å². The number of hydrogen-bond acceptors (Lipinski definition) is 5. The number of nitrogens with zero attached hydrogens (tertiary/aromatic N) is 2. The molecule has 1 saturated heterocycles. The molecular weight excluding hydrogens is 331 g/mol. The Bertz CT molecular complexity index is 803. The molecule has 1 aliphatic heterocycles. The molecular formula is C17H17FN2O3S. The van der Waals surface area contributed by atoms with E-state index in [-0.39, 0.29) is 18.1 Å². The van der Waals surface area contributed by atoms with Crippen LogP contribution in [0.1, 0.15) is 38.8 Å². The van der Waals surface area contributed by atoms with E-state index < -0.39 is 11.8 Å². The molecule has 1 aromatic heterocycles. The maximum Gasteiger partial charge on any atom is 0.341 e. The average Bonchev–Trinajstić information content (AvgIpc) is 3.10. The highest BCUT2D eigenvalue weighted by Gasteiger charge is 2.24. The predicted octanol–water partition coefficient (Wildman–Crippen LogP) is 3.38. The van der Waals surface area contributed by atoms with Crippen LogP contribution in [0.4, 0.5) is 10.1 Å². The molecule has 7 heteroatoms. The summed E-state index contributed by atoms with van der Waals surface area (Å²) in [5.41, 5.74) is 1.17. The zero-order valence-corrected chi connectivity index (χ0v) is 14.3. The number of hydrogen-bond donors (Lipinski definition) is 0. The lowest BCUT2D eigenvalue weighted by atomic mass is 10.1. The first kappa shape index (κ1) is 16.6. The fourth-order valence-electron chi connectivity index (χ4n) is 2.67. The minimum atomic E-state index is -0.744. The number of aromatic nitrogens is 1. The molecule has 2 aromatic rings. The van der Waals surface area contributed by atoms with Crippen LogP contribution in [-0.4, -0.2) is 23.4 Å². The highest BCUT2D eigenvalue weighted by molar-refractivity contribution is 7.11. The van der Waals surface area contributed by atoms with Crippen LogP contribution < -0.4 is 4.90 Å². The number of esters is 1. The lowest BCUT2D eigenvalue weighted by molar-refractivity contribution is -0.117. The molecule has 5 nitrogen and oxygen atoms in total. The molecule has 2 heterocycles. The van der Waals surface area contributed by atoms with Crippen molar-refractivity contribution in [2.45, 2.75) is 33.3 Å². The van der Waals surface area contributed by atoms with Crippen molar-refractivity contribution in [2.75, 3.05) is 11.4 Å². The molecule has 0 saturated carbocycles. The first-order chi connectivity index (χ1) is 11.5. The number of ether oxygens (including phenoxy) is 1. The summed E-state index contributed by atoms with van der Waals surface area (Å²) in [5.74, 6) is -1.42. The van der Waals surface area contributed by atoms with Crippen LogP contribution in [0.3, 0.4) is 0 Å². The monoisotopic (exact) mass is 348 g/mol. The van der Waals surface area contributed by atoms with Crippen LogP contribution in [0, 0.1) is 19.7 Å². The van der Waals surface area contributed by atoms with Gasteiger partial charge < -0.3 is 9.64 Å². The first-order valence-electron chi connectivity index (χ1n) is 7.65. The van der Waals surface area contributed by atoms with E-state index >= 15 is 0 Å². The number of thiazole rings is 1. The molecule has 24 heavy (non-hydrogen) atoms. The van der Waals surface area contributed by atoms with Gasteiger partial charge in [-0.2, -0.15) is 0 Å². The van der Waals surface area contributed by atoms with E-state index in [1.165, 1.54) is 29.5 Å². The zero-order valence-electron chi connectivity index (χ0n) is 13.5. The highest BCUT2D eigenvalue weighted by Crippen LogP contribution is 2.25. The largest absolute Gasteiger partial charge is 0.456 e. The molecule has 1 amide bonds. The van der Waals surface area contributed by atoms with Crippen molar-refractivity contribution in [2.24, 2.45) is 0 Å². The summed E-state index contributed by atoms with van der Waals surface area (Å²) in [4.78, 5) is 30.7. The van der Waals surface area contributed by atoms with Gasteiger partial charge in [0.1, 0.15) is 12.4 Å². The first-order valence-corrected chi connectivity index (χ1v) is 8.47. The molecule has 0 radical (unpaired) electrons. The molecule has 0 N–H and O–H groups in total. The fraction of sp³-hybridized carbons (Fsp3) is 0.353. The number of anilines is 1. The van der Waals surface area contributed by atoms with Gasteiger partial charge in [-0.25, -0.2) is 14.2 Å². The van der Waals surface area contributed by atoms with Crippen molar-refractivity contribution in [3.8, 4) is 0 Å². The van der Waals surface area contributed by atoms with Crippen molar-refractivity contribution in [1.29, 1.82) is 0 Å². The number of carbonyl (C=O) groups excluding carboxylic acids is 2. The Kier molecular flexibility index (Phi) is 4.62. The number of halogens is 1.